The van der Waals surface area contributed by atoms with E-state index in [1.165, 1.54) is 12.4 Å². The molecule has 0 saturated heterocycles. The Labute approximate surface area is 206 Å². The number of nitrogens with zero attached hydrogens (tertiary/aromatic N) is 3. The molecule has 2 N–H and O–H groups in total. The number of hydrogen-bond acceptors (Lipinski definition) is 5. The van der Waals surface area contributed by atoms with E-state index in [0.717, 1.165) is 5.56 Å². The fourth-order valence-corrected chi connectivity index (χ4v) is 4.20. The molecule has 1 aliphatic rings. The van der Waals surface area contributed by atoms with Gasteiger partial charge in [0.2, 0.25) is 5.95 Å². The van der Waals surface area contributed by atoms with Crippen molar-refractivity contribution in [3.63, 3.8) is 0 Å². The van der Waals surface area contributed by atoms with Crippen molar-refractivity contribution in [1.82, 2.24) is 14.8 Å². The number of carbonyl (C=O) groups is 1. The lowest BCUT2D eigenvalue weighted by atomic mass is 9.95. The van der Waals surface area contributed by atoms with Crippen molar-refractivity contribution in [2.24, 2.45) is 0 Å². The van der Waals surface area contributed by atoms with E-state index in [9.17, 15) is 9.18 Å². The van der Waals surface area contributed by atoms with Crippen LogP contribution in [0.25, 0.3) is 0 Å². The van der Waals surface area contributed by atoms with Crippen molar-refractivity contribution in [3.05, 3.63) is 112 Å². The maximum Gasteiger partial charge on any atom is 0.255 e. The zero-order valence-electron chi connectivity index (χ0n) is 18.7. The molecule has 0 aliphatic carbocycles. The monoisotopic (exact) mass is 489 g/mol. The second-order valence-corrected chi connectivity index (χ2v) is 8.38. The average molecular weight is 490 g/mol. The highest BCUT2D eigenvalue weighted by molar-refractivity contribution is 6.31. The summed E-state index contributed by atoms with van der Waals surface area (Å²) in [6, 6.07) is 20.5. The van der Waals surface area contributed by atoms with Gasteiger partial charge in [-0.05, 0) is 48.9 Å². The summed E-state index contributed by atoms with van der Waals surface area (Å²) in [5, 5.41) is 10.8. The predicted octanol–water partition coefficient (Wildman–Crippen LogP) is 5.58. The zero-order valence-corrected chi connectivity index (χ0v) is 19.5. The van der Waals surface area contributed by atoms with Crippen molar-refractivity contribution >= 4 is 29.1 Å². The molecule has 3 aromatic carbocycles. The molecule has 7 nitrogen and oxygen atoms in total. The van der Waals surface area contributed by atoms with Gasteiger partial charge in [0.15, 0.2) is 0 Å². The minimum absolute atomic E-state index is 0.00479. The number of halogens is 2. The van der Waals surface area contributed by atoms with Crippen molar-refractivity contribution in [2.45, 2.75) is 19.6 Å². The van der Waals surface area contributed by atoms with Gasteiger partial charge in [-0.15, -0.1) is 0 Å². The number of aromatic nitrogens is 3. The molecular weight excluding hydrogens is 469 g/mol. The first kappa shape index (κ1) is 22.6. The van der Waals surface area contributed by atoms with Crippen LogP contribution < -0.4 is 15.4 Å². The Balaban J connectivity index is 1.42. The van der Waals surface area contributed by atoms with Crippen LogP contribution in [0, 0.1) is 5.82 Å². The van der Waals surface area contributed by atoms with E-state index in [-0.39, 0.29) is 12.5 Å². The predicted molar refractivity (Wildman–Crippen MR) is 132 cm³/mol. The van der Waals surface area contributed by atoms with Gasteiger partial charge >= 0.3 is 0 Å². The topological polar surface area (TPSA) is 81.1 Å². The molecule has 0 bridgehead atoms. The maximum atomic E-state index is 14.1. The number of ether oxygens (including phenoxy) is 1. The lowest BCUT2D eigenvalue weighted by Gasteiger charge is -2.28. The van der Waals surface area contributed by atoms with Gasteiger partial charge in [0, 0.05) is 16.9 Å². The van der Waals surface area contributed by atoms with E-state index in [1.54, 1.807) is 28.9 Å². The number of fused-ring (bicyclic) bond motifs is 1. The summed E-state index contributed by atoms with van der Waals surface area (Å²) in [6.07, 6.45) is 1.44. The Bertz CT molecular complexity index is 1380. The Morgan fingerprint density at radius 1 is 1.11 bits per heavy atom. The molecule has 1 aliphatic heterocycles. The zero-order chi connectivity index (χ0) is 24.4. The SMILES string of the molecule is CC1=C(C(=O)Nc2ccccc2)C(c2ccc(OCc3c(F)cccc3Cl)cc2)n2ncnc2N1. The number of rotatable bonds is 6. The summed E-state index contributed by atoms with van der Waals surface area (Å²) in [5.41, 5.74) is 2.99. The third-order valence-corrected chi connectivity index (χ3v) is 6.07. The summed E-state index contributed by atoms with van der Waals surface area (Å²) in [6.45, 7) is 1.83. The van der Waals surface area contributed by atoms with E-state index in [0.29, 0.717) is 39.2 Å². The summed E-state index contributed by atoms with van der Waals surface area (Å²) < 4.78 is 21.5. The summed E-state index contributed by atoms with van der Waals surface area (Å²) >= 11 is 6.09. The third kappa shape index (κ3) is 4.61. The number of carbonyl (C=O) groups excluding carboxylic acids is 1. The summed E-state index contributed by atoms with van der Waals surface area (Å²) in [7, 11) is 0. The molecule has 0 saturated carbocycles. The Kier molecular flexibility index (Phi) is 6.20. The van der Waals surface area contributed by atoms with E-state index in [4.69, 9.17) is 16.3 Å². The number of hydrogen-bond donors (Lipinski definition) is 2. The lowest BCUT2D eigenvalue weighted by Crippen LogP contribution is -2.31. The summed E-state index contributed by atoms with van der Waals surface area (Å²) in [4.78, 5) is 17.6. The van der Waals surface area contributed by atoms with Crippen LogP contribution in [0.5, 0.6) is 5.75 Å². The van der Waals surface area contributed by atoms with Gasteiger partial charge in [-0.25, -0.2) is 9.07 Å². The second-order valence-electron chi connectivity index (χ2n) is 7.97. The van der Waals surface area contributed by atoms with E-state index < -0.39 is 11.9 Å². The molecule has 176 valence electrons. The number of amides is 1. The molecular formula is C26H21ClFN5O2. The fraction of sp³-hybridized carbons (Fsp3) is 0.115. The first-order chi connectivity index (χ1) is 17.0. The van der Waals surface area contributed by atoms with Gasteiger partial charge in [0.25, 0.3) is 5.91 Å². The lowest BCUT2D eigenvalue weighted by molar-refractivity contribution is -0.113. The normalized spacial score (nSPS) is 14.8. The van der Waals surface area contributed by atoms with Gasteiger partial charge in [-0.2, -0.15) is 10.1 Å². The highest BCUT2D eigenvalue weighted by atomic mass is 35.5. The van der Waals surface area contributed by atoms with Crippen LogP contribution in [0.4, 0.5) is 16.0 Å². The number of anilines is 2. The Morgan fingerprint density at radius 3 is 2.63 bits per heavy atom. The molecule has 0 spiro atoms. The molecule has 1 atom stereocenters. The second kappa shape index (κ2) is 9.60. The molecule has 4 aromatic rings. The number of benzene rings is 3. The number of nitrogens with one attached hydrogen (secondary N) is 2. The van der Waals surface area contributed by atoms with Crippen LogP contribution in [-0.4, -0.2) is 20.7 Å². The van der Waals surface area contributed by atoms with Gasteiger partial charge in [0.05, 0.1) is 10.6 Å². The fourth-order valence-electron chi connectivity index (χ4n) is 3.99. The molecule has 5 rings (SSSR count). The van der Waals surface area contributed by atoms with Crippen molar-refractivity contribution < 1.29 is 13.9 Å². The molecule has 1 aromatic heterocycles. The number of para-hydroxylation sites is 1. The maximum absolute atomic E-state index is 14.1. The van der Waals surface area contributed by atoms with Gasteiger partial charge in [-0.3, -0.25) is 4.79 Å². The molecule has 2 heterocycles. The standard InChI is InChI=1S/C26H21ClFN5O2/c1-16-23(25(34)32-18-6-3-2-4-7-18)24(33-26(31-16)29-15-30-33)17-10-12-19(13-11-17)35-14-20-21(27)8-5-9-22(20)28/h2-13,15,24H,14H2,1H3,(H,32,34)(H,29,30,31). The van der Waals surface area contributed by atoms with Gasteiger partial charge in [-0.1, -0.05) is 48.0 Å². The van der Waals surface area contributed by atoms with Crippen molar-refractivity contribution in [3.8, 4) is 5.75 Å². The molecule has 0 radical (unpaired) electrons. The third-order valence-electron chi connectivity index (χ3n) is 5.71. The van der Waals surface area contributed by atoms with Crippen LogP contribution in [0.1, 0.15) is 24.1 Å². The molecule has 9 heteroatoms. The van der Waals surface area contributed by atoms with Crippen molar-refractivity contribution in [2.75, 3.05) is 10.6 Å². The Morgan fingerprint density at radius 2 is 1.89 bits per heavy atom. The van der Waals surface area contributed by atoms with Gasteiger partial charge < -0.3 is 15.4 Å². The smallest absolute Gasteiger partial charge is 0.255 e. The van der Waals surface area contributed by atoms with Crippen LogP contribution in [0.3, 0.4) is 0 Å². The van der Waals surface area contributed by atoms with Crippen molar-refractivity contribution in [1.29, 1.82) is 0 Å². The van der Waals surface area contributed by atoms with E-state index in [1.807, 2.05) is 49.4 Å². The van der Waals surface area contributed by atoms with Crippen LogP contribution in [0.15, 0.2) is 90.4 Å². The summed E-state index contributed by atoms with van der Waals surface area (Å²) in [5.74, 6) is 0.411. The van der Waals surface area contributed by atoms with Crippen LogP contribution in [-0.2, 0) is 11.4 Å². The van der Waals surface area contributed by atoms with E-state index in [2.05, 4.69) is 20.7 Å². The van der Waals surface area contributed by atoms with E-state index >= 15 is 0 Å². The van der Waals surface area contributed by atoms with Crippen LogP contribution >= 0.6 is 11.6 Å². The number of allylic oxidation sites excluding steroid dienone is 1. The molecule has 1 amide bonds. The molecule has 35 heavy (non-hydrogen) atoms. The van der Waals surface area contributed by atoms with Crippen LogP contribution in [0.2, 0.25) is 5.02 Å². The minimum Gasteiger partial charge on any atom is -0.489 e. The largest absolute Gasteiger partial charge is 0.489 e. The molecule has 1 unspecified atom stereocenters. The first-order valence-electron chi connectivity index (χ1n) is 10.9. The Hall–Kier alpha value is -4.17. The highest BCUT2D eigenvalue weighted by Crippen LogP contribution is 2.36. The minimum atomic E-state index is -0.507. The molecule has 0 fully saturated rings. The highest BCUT2D eigenvalue weighted by Gasteiger charge is 2.33. The quantitative estimate of drug-likeness (QED) is 0.369. The first-order valence-corrected chi connectivity index (χ1v) is 11.3. The van der Waals surface area contributed by atoms with Gasteiger partial charge in [0.1, 0.15) is 30.5 Å². The average Bonchev–Trinajstić information content (AvgIpc) is 3.32.